The molecule has 1 aromatic carbocycles. The van der Waals surface area contributed by atoms with E-state index >= 15 is 0 Å². The average molecular weight is 266 g/mol. The number of anilines is 1. The number of para-hydroxylation sites is 1. The van der Waals surface area contributed by atoms with E-state index in [1.807, 2.05) is 11.9 Å². The van der Waals surface area contributed by atoms with E-state index in [9.17, 15) is 9.50 Å². The maximum Gasteiger partial charge on any atom is 0.146 e. The molecule has 2 rings (SSSR count). The van der Waals surface area contributed by atoms with Gasteiger partial charge < -0.3 is 14.9 Å². The molecule has 1 aliphatic heterocycles. The van der Waals surface area contributed by atoms with Gasteiger partial charge in [0.2, 0.25) is 0 Å². The Kier molecular flexibility index (Phi) is 4.42. The first-order valence-electron chi connectivity index (χ1n) is 6.85. The lowest BCUT2D eigenvalue weighted by molar-refractivity contribution is 0.199. The highest BCUT2D eigenvalue weighted by Gasteiger charge is 2.23. The van der Waals surface area contributed by atoms with E-state index in [4.69, 9.17) is 0 Å². The van der Waals surface area contributed by atoms with Crippen molar-refractivity contribution in [3.63, 3.8) is 0 Å². The zero-order valence-corrected chi connectivity index (χ0v) is 11.9. The Morgan fingerprint density at radius 2 is 2.26 bits per heavy atom. The summed E-state index contributed by atoms with van der Waals surface area (Å²) >= 11 is 0. The zero-order chi connectivity index (χ0) is 14.0. The third-order valence-corrected chi connectivity index (χ3v) is 3.87. The SMILES string of the molecule is C[C@@H](O)c1cccc(F)c1N(C)CC1CCN(C)C1. The number of benzene rings is 1. The summed E-state index contributed by atoms with van der Waals surface area (Å²) in [5.41, 5.74) is 1.20. The molecule has 0 spiro atoms. The van der Waals surface area contributed by atoms with Gasteiger partial charge in [-0.2, -0.15) is 0 Å². The van der Waals surface area contributed by atoms with Gasteiger partial charge in [0.15, 0.2) is 0 Å². The minimum atomic E-state index is -0.653. The van der Waals surface area contributed by atoms with Crippen molar-refractivity contribution in [3.05, 3.63) is 29.6 Å². The monoisotopic (exact) mass is 266 g/mol. The van der Waals surface area contributed by atoms with Crippen molar-refractivity contribution in [1.29, 1.82) is 0 Å². The van der Waals surface area contributed by atoms with Crippen LogP contribution in [0, 0.1) is 11.7 Å². The molecule has 1 unspecified atom stereocenters. The van der Waals surface area contributed by atoms with Crippen molar-refractivity contribution in [2.45, 2.75) is 19.4 Å². The molecule has 0 radical (unpaired) electrons. The van der Waals surface area contributed by atoms with Gasteiger partial charge in [-0.25, -0.2) is 4.39 Å². The van der Waals surface area contributed by atoms with Crippen LogP contribution in [-0.4, -0.2) is 43.7 Å². The van der Waals surface area contributed by atoms with Crippen molar-refractivity contribution >= 4 is 5.69 Å². The van der Waals surface area contributed by atoms with Crippen LogP contribution in [0.25, 0.3) is 0 Å². The van der Waals surface area contributed by atoms with Gasteiger partial charge in [-0.15, -0.1) is 0 Å². The molecule has 19 heavy (non-hydrogen) atoms. The maximum absolute atomic E-state index is 14.0. The Balaban J connectivity index is 2.16. The van der Waals surface area contributed by atoms with Crippen LogP contribution in [-0.2, 0) is 0 Å². The average Bonchev–Trinajstić information content (AvgIpc) is 2.74. The van der Waals surface area contributed by atoms with Gasteiger partial charge in [0, 0.05) is 25.7 Å². The van der Waals surface area contributed by atoms with Gasteiger partial charge in [-0.1, -0.05) is 12.1 Å². The van der Waals surface area contributed by atoms with Gasteiger partial charge in [0.1, 0.15) is 5.82 Å². The van der Waals surface area contributed by atoms with Crippen molar-refractivity contribution in [2.75, 3.05) is 38.6 Å². The van der Waals surface area contributed by atoms with E-state index in [0.717, 1.165) is 26.1 Å². The molecule has 1 aliphatic rings. The second-order valence-electron chi connectivity index (χ2n) is 5.65. The van der Waals surface area contributed by atoms with Gasteiger partial charge in [0.25, 0.3) is 0 Å². The molecule has 1 aromatic rings. The second kappa shape index (κ2) is 5.88. The van der Waals surface area contributed by atoms with Crippen LogP contribution in [0.1, 0.15) is 25.0 Å². The summed E-state index contributed by atoms with van der Waals surface area (Å²) in [6, 6.07) is 4.90. The Labute approximate surface area is 114 Å². The predicted octanol–water partition coefficient (Wildman–Crippen LogP) is 2.27. The quantitative estimate of drug-likeness (QED) is 0.905. The highest BCUT2D eigenvalue weighted by Crippen LogP contribution is 2.30. The molecule has 1 N–H and O–H groups in total. The van der Waals surface area contributed by atoms with Gasteiger partial charge >= 0.3 is 0 Å². The standard InChI is InChI=1S/C15H23FN2O/c1-11(19)13-5-4-6-14(16)15(13)18(3)10-12-7-8-17(2)9-12/h4-6,11-12,19H,7-10H2,1-3H3/t11-,12?/m1/s1. The fraction of sp³-hybridized carbons (Fsp3) is 0.600. The van der Waals surface area contributed by atoms with Crippen LogP contribution < -0.4 is 4.90 Å². The van der Waals surface area contributed by atoms with Crippen molar-refractivity contribution in [2.24, 2.45) is 5.92 Å². The number of rotatable bonds is 4. The number of aliphatic hydroxyl groups excluding tert-OH is 1. The molecule has 0 aromatic heterocycles. The highest BCUT2D eigenvalue weighted by molar-refractivity contribution is 5.55. The molecule has 1 saturated heterocycles. The van der Waals surface area contributed by atoms with Crippen LogP contribution in [0.4, 0.5) is 10.1 Å². The largest absolute Gasteiger partial charge is 0.389 e. The number of hydrogen-bond acceptors (Lipinski definition) is 3. The van der Waals surface area contributed by atoms with Crippen LogP contribution >= 0.6 is 0 Å². The molecule has 4 heteroatoms. The molecular formula is C15H23FN2O. The summed E-state index contributed by atoms with van der Waals surface area (Å²) in [5.74, 6) is 0.309. The second-order valence-corrected chi connectivity index (χ2v) is 5.65. The minimum absolute atomic E-state index is 0.257. The number of aliphatic hydroxyl groups is 1. The van der Waals surface area contributed by atoms with E-state index < -0.39 is 6.10 Å². The Hall–Kier alpha value is -1.13. The summed E-state index contributed by atoms with van der Waals surface area (Å²) in [6.07, 6.45) is 0.499. The molecule has 2 atom stereocenters. The van der Waals surface area contributed by atoms with Crippen LogP contribution in [0.15, 0.2) is 18.2 Å². The lowest BCUT2D eigenvalue weighted by Gasteiger charge is -2.26. The molecular weight excluding hydrogens is 243 g/mol. The lowest BCUT2D eigenvalue weighted by Crippen LogP contribution is -2.29. The molecule has 106 valence electrons. The summed E-state index contributed by atoms with van der Waals surface area (Å²) in [7, 11) is 4.02. The van der Waals surface area contributed by atoms with Gasteiger partial charge in [-0.3, -0.25) is 0 Å². The van der Waals surface area contributed by atoms with Crippen LogP contribution in [0.3, 0.4) is 0 Å². The predicted molar refractivity (Wildman–Crippen MR) is 75.9 cm³/mol. The summed E-state index contributed by atoms with van der Waals surface area (Å²) in [6.45, 7) is 4.67. The fourth-order valence-corrected chi connectivity index (χ4v) is 2.93. The first kappa shape index (κ1) is 14.3. The molecule has 0 amide bonds. The summed E-state index contributed by atoms with van der Waals surface area (Å²) in [5, 5.41) is 9.78. The van der Waals surface area contributed by atoms with Crippen molar-refractivity contribution < 1.29 is 9.50 Å². The summed E-state index contributed by atoms with van der Waals surface area (Å²) < 4.78 is 14.0. The smallest absolute Gasteiger partial charge is 0.146 e. The van der Waals surface area contributed by atoms with Gasteiger partial charge in [0.05, 0.1) is 11.8 Å². The number of nitrogens with zero attached hydrogens (tertiary/aromatic N) is 2. The molecule has 1 fully saturated rings. The van der Waals surface area contributed by atoms with Crippen molar-refractivity contribution in [1.82, 2.24) is 4.90 Å². The third kappa shape index (κ3) is 3.25. The fourth-order valence-electron chi connectivity index (χ4n) is 2.93. The van der Waals surface area contributed by atoms with E-state index in [1.165, 1.54) is 6.07 Å². The topological polar surface area (TPSA) is 26.7 Å². The lowest BCUT2D eigenvalue weighted by atomic mass is 10.0. The van der Waals surface area contributed by atoms with Crippen molar-refractivity contribution in [3.8, 4) is 0 Å². The number of likely N-dealkylation sites (tertiary alicyclic amines) is 1. The van der Waals surface area contributed by atoms with Crippen LogP contribution in [0.2, 0.25) is 0 Å². The van der Waals surface area contributed by atoms with E-state index in [2.05, 4.69) is 11.9 Å². The Morgan fingerprint density at radius 1 is 1.53 bits per heavy atom. The third-order valence-electron chi connectivity index (χ3n) is 3.87. The molecule has 3 nitrogen and oxygen atoms in total. The summed E-state index contributed by atoms with van der Waals surface area (Å²) in [4.78, 5) is 4.25. The van der Waals surface area contributed by atoms with Crippen LogP contribution in [0.5, 0.6) is 0 Å². The Morgan fingerprint density at radius 3 is 2.84 bits per heavy atom. The first-order chi connectivity index (χ1) is 8.99. The first-order valence-corrected chi connectivity index (χ1v) is 6.85. The van der Waals surface area contributed by atoms with E-state index in [0.29, 0.717) is 17.2 Å². The minimum Gasteiger partial charge on any atom is -0.389 e. The highest BCUT2D eigenvalue weighted by atomic mass is 19.1. The zero-order valence-electron chi connectivity index (χ0n) is 11.9. The molecule has 0 saturated carbocycles. The molecule has 0 bridgehead atoms. The Bertz CT molecular complexity index is 436. The molecule has 1 heterocycles. The van der Waals surface area contributed by atoms with Gasteiger partial charge in [-0.05, 0) is 38.9 Å². The van der Waals surface area contributed by atoms with E-state index in [1.54, 1.807) is 19.1 Å². The maximum atomic E-state index is 14.0. The normalized spacial score (nSPS) is 21.6. The number of hydrogen-bond donors (Lipinski definition) is 1. The molecule has 0 aliphatic carbocycles. The van der Waals surface area contributed by atoms with E-state index in [-0.39, 0.29) is 5.82 Å². The number of halogens is 1.